The summed E-state index contributed by atoms with van der Waals surface area (Å²) in [6.45, 7) is 2.53. The molecule has 1 amide bonds. The second-order valence-electron chi connectivity index (χ2n) is 4.27. The smallest absolute Gasteiger partial charge is 0.226 e. The van der Waals surface area contributed by atoms with Gasteiger partial charge in [0.15, 0.2) is 0 Å². The van der Waals surface area contributed by atoms with Gasteiger partial charge in [-0.2, -0.15) is 5.10 Å². The summed E-state index contributed by atoms with van der Waals surface area (Å²) in [7, 11) is 1.59. The highest BCUT2D eigenvalue weighted by Gasteiger charge is 2.08. The molecule has 5 nitrogen and oxygen atoms in total. The van der Waals surface area contributed by atoms with Crippen LogP contribution in [0.2, 0.25) is 0 Å². The van der Waals surface area contributed by atoms with E-state index in [-0.39, 0.29) is 5.91 Å². The number of nitrogens with one attached hydrogen (secondary N) is 1. The van der Waals surface area contributed by atoms with E-state index in [1.165, 1.54) is 0 Å². The Morgan fingerprint density at radius 2 is 2.32 bits per heavy atom. The van der Waals surface area contributed by atoms with Crippen LogP contribution < -0.4 is 10.1 Å². The van der Waals surface area contributed by atoms with Crippen molar-refractivity contribution in [2.24, 2.45) is 0 Å². The predicted molar refractivity (Wildman–Crippen MR) is 73.2 cm³/mol. The number of hydrogen-bond acceptors (Lipinski definition) is 3. The van der Waals surface area contributed by atoms with Crippen LogP contribution >= 0.6 is 0 Å². The number of aryl methyl sites for hydroxylation is 2. The van der Waals surface area contributed by atoms with Gasteiger partial charge in [0.2, 0.25) is 5.91 Å². The molecule has 2 rings (SSSR count). The van der Waals surface area contributed by atoms with Crippen LogP contribution in [0.25, 0.3) is 0 Å². The number of rotatable bonds is 5. The molecule has 0 spiro atoms. The summed E-state index contributed by atoms with van der Waals surface area (Å²) in [4.78, 5) is 11.9. The SMILES string of the molecule is COc1ccc(C)cc1NC(=O)CCn1cccn1. The Bertz CT molecular complexity index is 550. The van der Waals surface area contributed by atoms with Crippen LogP contribution in [0, 0.1) is 6.92 Å². The number of carbonyl (C=O) groups excluding carboxylic acids is 1. The summed E-state index contributed by atoms with van der Waals surface area (Å²) < 4.78 is 6.95. The lowest BCUT2D eigenvalue weighted by molar-refractivity contribution is -0.116. The fourth-order valence-electron chi connectivity index (χ4n) is 1.78. The highest BCUT2D eigenvalue weighted by Crippen LogP contribution is 2.25. The molecule has 0 saturated carbocycles. The monoisotopic (exact) mass is 259 g/mol. The van der Waals surface area contributed by atoms with E-state index in [1.807, 2.05) is 37.4 Å². The van der Waals surface area contributed by atoms with Gasteiger partial charge in [0, 0.05) is 25.4 Å². The Morgan fingerprint density at radius 3 is 3.00 bits per heavy atom. The number of nitrogens with zero attached hydrogens (tertiary/aromatic N) is 2. The molecule has 0 saturated heterocycles. The maximum Gasteiger partial charge on any atom is 0.226 e. The van der Waals surface area contributed by atoms with E-state index in [9.17, 15) is 4.79 Å². The van der Waals surface area contributed by atoms with Crippen molar-refractivity contribution in [3.63, 3.8) is 0 Å². The van der Waals surface area contributed by atoms with Crippen molar-refractivity contribution in [3.8, 4) is 5.75 Å². The summed E-state index contributed by atoms with van der Waals surface area (Å²) in [5, 5.41) is 6.91. The zero-order valence-corrected chi connectivity index (χ0v) is 11.1. The van der Waals surface area contributed by atoms with Gasteiger partial charge in [-0.3, -0.25) is 9.48 Å². The minimum absolute atomic E-state index is 0.0561. The third-order valence-electron chi connectivity index (χ3n) is 2.76. The molecule has 0 radical (unpaired) electrons. The Labute approximate surface area is 112 Å². The molecular formula is C14H17N3O2. The lowest BCUT2D eigenvalue weighted by Gasteiger charge is -2.11. The molecule has 1 aromatic carbocycles. The summed E-state index contributed by atoms with van der Waals surface area (Å²) in [5.41, 5.74) is 1.77. The second-order valence-corrected chi connectivity index (χ2v) is 4.27. The number of carbonyl (C=O) groups is 1. The van der Waals surface area contributed by atoms with Gasteiger partial charge >= 0.3 is 0 Å². The molecule has 0 aliphatic heterocycles. The van der Waals surface area contributed by atoms with Gasteiger partial charge in [-0.25, -0.2) is 0 Å². The van der Waals surface area contributed by atoms with Crippen LogP contribution in [0.5, 0.6) is 5.75 Å². The van der Waals surface area contributed by atoms with Gasteiger partial charge in [0.05, 0.1) is 12.8 Å². The maximum atomic E-state index is 11.9. The fourth-order valence-corrected chi connectivity index (χ4v) is 1.78. The van der Waals surface area contributed by atoms with Crippen LogP contribution in [0.1, 0.15) is 12.0 Å². The van der Waals surface area contributed by atoms with Gasteiger partial charge < -0.3 is 10.1 Å². The summed E-state index contributed by atoms with van der Waals surface area (Å²) >= 11 is 0. The topological polar surface area (TPSA) is 56.1 Å². The molecule has 1 aromatic heterocycles. The van der Waals surface area contributed by atoms with Gasteiger partial charge in [-0.15, -0.1) is 0 Å². The van der Waals surface area contributed by atoms with Gasteiger partial charge in [0.1, 0.15) is 5.75 Å². The van der Waals surface area contributed by atoms with Gasteiger partial charge in [-0.1, -0.05) is 6.07 Å². The van der Waals surface area contributed by atoms with E-state index >= 15 is 0 Å². The molecule has 5 heteroatoms. The fraction of sp³-hybridized carbons (Fsp3) is 0.286. The first kappa shape index (κ1) is 13.1. The maximum absolute atomic E-state index is 11.9. The number of anilines is 1. The summed E-state index contributed by atoms with van der Waals surface area (Å²) in [6.07, 6.45) is 3.90. The Kier molecular flexibility index (Phi) is 4.18. The van der Waals surface area contributed by atoms with Gasteiger partial charge in [0.25, 0.3) is 0 Å². The molecule has 100 valence electrons. The first-order valence-corrected chi connectivity index (χ1v) is 6.11. The van der Waals surface area contributed by atoms with E-state index in [4.69, 9.17) is 4.74 Å². The van der Waals surface area contributed by atoms with E-state index in [2.05, 4.69) is 10.4 Å². The number of amides is 1. The van der Waals surface area contributed by atoms with Crippen molar-refractivity contribution in [3.05, 3.63) is 42.2 Å². The molecule has 0 fully saturated rings. The molecule has 0 atom stereocenters. The zero-order valence-electron chi connectivity index (χ0n) is 11.1. The molecule has 1 heterocycles. The first-order chi connectivity index (χ1) is 9.19. The van der Waals surface area contributed by atoms with Crippen molar-refractivity contribution in [1.82, 2.24) is 9.78 Å². The molecule has 0 aliphatic carbocycles. The second kappa shape index (κ2) is 6.04. The third kappa shape index (κ3) is 3.58. The highest BCUT2D eigenvalue weighted by atomic mass is 16.5. The van der Waals surface area contributed by atoms with Crippen molar-refractivity contribution in [2.45, 2.75) is 19.9 Å². The Balaban J connectivity index is 1.96. The summed E-state index contributed by atoms with van der Waals surface area (Å²) in [5.74, 6) is 0.609. The van der Waals surface area contributed by atoms with Crippen LogP contribution in [-0.4, -0.2) is 22.8 Å². The summed E-state index contributed by atoms with van der Waals surface area (Å²) in [6, 6.07) is 7.52. The van der Waals surface area contributed by atoms with Crippen molar-refractivity contribution >= 4 is 11.6 Å². The molecule has 2 aromatic rings. The quantitative estimate of drug-likeness (QED) is 0.895. The Morgan fingerprint density at radius 1 is 1.47 bits per heavy atom. The van der Waals surface area contributed by atoms with Crippen molar-refractivity contribution in [1.29, 1.82) is 0 Å². The molecule has 1 N–H and O–H groups in total. The standard InChI is InChI=1S/C14H17N3O2/c1-11-4-5-13(19-2)12(10-11)16-14(18)6-9-17-8-3-7-15-17/h3-5,7-8,10H,6,9H2,1-2H3,(H,16,18). The first-order valence-electron chi connectivity index (χ1n) is 6.11. The largest absolute Gasteiger partial charge is 0.495 e. The normalized spacial score (nSPS) is 10.2. The number of aromatic nitrogens is 2. The lowest BCUT2D eigenvalue weighted by atomic mass is 10.2. The van der Waals surface area contributed by atoms with Crippen molar-refractivity contribution < 1.29 is 9.53 Å². The molecule has 0 unspecified atom stereocenters. The zero-order chi connectivity index (χ0) is 13.7. The van der Waals surface area contributed by atoms with Crippen LogP contribution in [0.4, 0.5) is 5.69 Å². The van der Waals surface area contributed by atoms with E-state index in [0.717, 1.165) is 5.56 Å². The molecule has 19 heavy (non-hydrogen) atoms. The van der Waals surface area contributed by atoms with E-state index in [1.54, 1.807) is 18.0 Å². The van der Waals surface area contributed by atoms with Gasteiger partial charge in [-0.05, 0) is 30.7 Å². The van der Waals surface area contributed by atoms with Crippen LogP contribution in [-0.2, 0) is 11.3 Å². The number of methoxy groups -OCH3 is 1. The number of ether oxygens (including phenoxy) is 1. The molecular weight excluding hydrogens is 242 g/mol. The van der Waals surface area contributed by atoms with Crippen LogP contribution in [0.3, 0.4) is 0 Å². The number of benzene rings is 1. The minimum atomic E-state index is -0.0561. The van der Waals surface area contributed by atoms with E-state index < -0.39 is 0 Å². The average Bonchev–Trinajstić information content (AvgIpc) is 2.90. The third-order valence-corrected chi connectivity index (χ3v) is 2.76. The Hall–Kier alpha value is -2.30. The lowest BCUT2D eigenvalue weighted by Crippen LogP contribution is -2.15. The molecule has 0 aliphatic rings. The highest BCUT2D eigenvalue weighted by molar-refractivity contribution is 5.92. The number of hydrogen-bond donors (Lipinski definition) is 1. The average molecular weight is 259 g/mol. The van der Waals surface area contributed by atoms with E-state index in [0.29, 0.717) is 24.4 Å². The minimum Gasteiger partial charge on any atom is -0.495 e. The van der Waals surface area contributed by atoms with Crippen molar-refractivity contribution in [2.75, 3.05) is 12.4 Å². The van der Waals surface area contributed by atoms with Crippen LogP contribution in [0.15, 0.2) is 36.7 Å². The molecule has 0 bridgehead atoms. The predicted octanol–water partition coefficient (Wildman–Crippen LogP) is 2.23.